The number of anilines is 1. The fourth-order valence-corrected chi connectivity index (χ4v) is 3.24. The van der Waals surface area contributed by atoms with Gasteiger partial charge in [0.05, 0.1) is 31.0 Å². The summed E-state index contributed by atoms with van der Waals surface area (Å²) in [5.74, 6) is 0.912. The second-order valence-corrected chi connectivity index (χ2v) is 7.07. The molecule has 1 heterocycles. The summed E-state index contributed by atoms with van der Waals surface area (Å²) >= 11 is 0. The molecular formula is C17H18N4O5S. The molecule has 0 bridgehead atoms. The highest BCUT2D eigenvalue weighted by molar-refractivity contribution is 7.90. The van der Waals surface area contributed by atoms with E-state index in [-0.39, 0.29) is 5.56 Å². The lowest BCUT2D eigenvalue weighted by atomic mass is 10.0. The number of methoxy groups -OCH3 is 2. The Bertz CT molecular complexity index is 1160. The first kappa shape index (κ1) is 18.7. The van der Waals surface area contributed by atoms with Crippen LogP contribution in [0.15, 0.2) is 41.2 Å². The van der Waals surface area contributed by atoms with Gasteiger partial charge >= 0.3 is 0 Å². The second kappa shape index (κ2) is 7.25. The van der Waals surface area contributed by atoms with Crippen LogP contribution < -0.4 is 24.9 Å². The van der Waals surface area contributed by atoms with Gasteiger partial charge in [-0.2, -0.15) is 13.5 Å². The first-order valence-corrected chi connectivity index (χ1v) is 9.38. The van der Waals surface area contributed by atoms with Gasteiger partial charge in [-0.1, -0.05) is 12.1 Å². The summed E-state index contributed by atoms with van der Waals surface area (Å²) in [4.78, 5) is 12.2. The number of rotatable bonds is 6. The van der Waals surface area contributed by atoms with Gasteiger partial charge in [0.15, 0.2) is 11.5 Å². The normalized spacial score (nSPS) is 11.4. The van der Waals surface area contributed by atoms with Crippen LogP contribution in [0.4, 0.5) is 5.69 Å². The second-order valence-electron chi connectivity index (χ2n) is 5.78. The Balaban J connectivity index is 2.06. The predicted octanol–water partition coefficient (Wildman–Crippen LogP) is 1.15. The van der Waals surface area contributed by atoms with Crippen LogP contribution in [0.2, 0.25) is 0 Å². The van der Waals surface area contributed by atoms with Crippen LogP contribution in [-0.4, -0.2) is 32.8 Å². The quantitative estimate of drug-likeness (QED) is 0.577. The van der Waals surface area contributed by atoms with Gasteiger partial charge in [0.25, 0.3) is 15.8 Å². The first-order valence-electron chi connectivity index (χ1n) is 7.83. The summed E-state index contributed by atoms with van der Waals surface area (Å²) < 4.78 is 35.2. The van der Waals surface area contributed by atoms with Crippen molar-refractivity contribution in [2.75, 3.05) is 18.9 Å². The van der Waals surface area contributed by atoms with Gasteiger partial charge in [0.2, 0.25) is 0 Å². The molecule has 142 valence electrons. The third kappa shape index (κ3) is 4.18. The number of nitrogens with zero attached hydrogens (tertiary/aromatic N) is 1. The SMILES string of the molecule is COc1cc2c(Cc3cccc(NS(N)(=O)=O)c3)n[nH]c(=O)c2cc1OC. The van der Waals surface area contributed by atoms with E-state index in [0.717, 1.165) is 5.56 Å². The van der Waals surface area contributed by atoms with Crippen molar-refractivity contribution in [3.8, 4) is 11.5 Å². The number of fused-ring (bicyclic) bond motifs is 1. The molecule has 10 heteroatoms. The van der Waals surface area contributed by atoms with E-state index in [4.69, 9.17) is 14.6 Å². The lowest BCUT2D eigenvalue weighted by molar-refractivity contribution is 0.356. The highest BCUT2D eigenvalue weighted by Gasteiger charge is 2.13. The molecular weight excluding hydrogens is 372 g/mol. The lowest BCUT2D eigenvalue weighted by Crippen LogP contribution is -2.21. The van der Waals surface area contributed by atoms with E-state index in [0.29, 0.717) is 40.1 Å². The van der Waals surface area contributed by atoms with Gasteiger partial charge in [0.1, 0.15) is 0 Å². The molecule has 0 spiro atoms. The van der Waals surface area contributed by atoms with E-state index in [2.05, 4.69) is 14.9 Å². The zero-order valence-corrected chi connectivity index (χ0v) is 15.5. The molecule has 0 atom stereocenters. The van der Waals surface area contributed by atoms with Crippen molar-refractivity contribution in [2.24, 2.45) is 5.14 Å². The van der Waals surface area contributed by atoms with Crippen LogP contribution in [0.3, 0.4) is 0 Å². The maximum atomic E-state index is 12.2. The summed E-state index contributed by atoms with van der Waals surface area (Å²) in [5, 5.41) is 12.6. The topological polar surface area (TPSA) is 136 Å². The van der Waals surface area contributed by atoms with Gasteiger partial charge < -0.3 is 9.47 Å². The van der Waals surface area contributed by atoms with Gasteiger partial charge in [0, 0.05) is 11.8 Å². The Morgan fingerprint density at radius 3 is 2.41 bits per heavy atom. The van der Waals surface area contributed by atoms with Crippen LogP contribution in [-0.2, 0) is 16.6 Å². The number of hydrogen-bond acceptors (Lipinski definition) is 6. The van der Waals surface area contributed by atoms with Crippen molar-refractivity contribution in [1.82, 2.24) is 10.2 Å². The number of ether oxygens (including phenoxy) is 2. The predicted molar refractivity (Wildman–Crippen MR) is 101 cm³/mol. The minimum absolute atomic E-state index is 0.336. The zero-order valence-electron chi connectivity index (χ0n) is 14.6. The Labute approximate surface area is 155 Å². The molecule has 0 radical (unpaired) electrons. The van der Waals surface area contributed by atoms with E-state index in [1.807, 2.05) is 6.07 Å². The summed E-state index contributed by atoms with van der Waals surface area (Å²) in [5.41, 5.74) is 1.36. The summed E-state index contributed by atoms with van der Waals surface area (Å²) in [6, 6.07) is 10.0. The van der Waals surface area contributed by atoms with E-state index in [9.17, 15) is 13.2 Å². The van der Waals surface area contributed by atoms with Gasteiger partial charge in [-0.25, -0.2) is 10.2 Å². The number of aromatic amines is 1. The zero-order chi connectivity index (χ0) is 19.6. The molecule has 0 unspecified atom stereocenters. The molecule has 4 N–H and O–H groups in total. The van der Waals surface area contributed by atoms with Crippen molar-refractivity contribution in [3.05, 3.63) is 58.0 Å². The molecule has 9 nitrogen and oxygen atoms in total. The molecule has 0 aliphatic carbocycles. The highest BCUT2D eigenvalue weighted by atomic mass is 32.2. The van der Waals surface area contributed by atoms with Crippen molar-refractivity contribution in [1.29, 1.82) is 0 Å². The minimum atomic E-state index is -3.87. The van der Waals surface area contributed by atoms with Crippen LogP contribution >= 0.6 is 0 Å². The Morgan fingerprint density at radius 2 is 1.78 bits per heavy atom. The molecule has 27 heavy (non-hydrogen) atoms. The van der Waals surface area contributed by atoms with E-state index < -0.39 is 10.2 Å². The molecule has 0 fully saturated rings. The van der Waals surface area contributed by atoms with Crippen LogP contribution in [0.5, 0.6) is 11.5 Å². The van der Waals surface area contributed by atoms with Crippen molar-refractivity contribution in [2.45, 2.75) is 6.42 Å². The van der Waals surface area contributed by atoms with E-state index in [1.54, 1.807) is 30.3 Å². The third-order valence-corrected chi connectivity index (χ3v) is 4.45. The molecule has 2 aromatic carbocycles. The fraction of sp³-hybridized carbons (Fsp3) is 0.176. The largest absolute Gasteiger partial charge is 0.493 e. The van der Waals surface area contributed by atoms with Gasteiger partial charge in [-0.15, -0.1) is 0 Å². The number of nitrogens with one attached hydrogen (secondary N) is 2. The minimum Gasteiger partial charge on any atom is -0.493 e. The average molecular weight is 390 g/mol. The maximum Gasteiger partial charge on any atom is 0.296 e. The molecule has 0 saturated carbocycles. The Kier molecular flexibility index (Phi) is 5.02. The number of aromatic nitrogens is 2. The lowest BCUT2D eigenvalue weighted by Gasteiger charge is -2.11. The molecule has 0 aliphatic heterocycles. The van der Waals surface area contributed by atoms with Gasteiger partial charge in [-0.3, -0.25) is 9.52 Å². The fourth-order valence-electron chi connectivity index (χ4n) is 2.78. The average Bonchev–Trinajstić information content (AvgIpc) is 2.62. The number of nitrogens with two attached hydrogens (primary N) is 1. The smallest absolute Gasteiger partial charge is 0.296 e. The Morgan fingerprint density at radius 1 is 1.11 bits per heavy atom. The number of benzene rings is 2. The van der Waals surface area contributed by atoms with Crippen LogP contribution in [0.25, 0.3) is 10.8 Å². The summed E-state index contributed by atoms with van der Waals surface area (Å²) in [7, 11) is -0.871. The van der Waals surface area contributed by atoms with Crippen molar-refractivity contribution >= 4 is 26.7 Å². The maximum absolute atomic E-state index is 12.2. The van der Waals surface area contributed by atoms with Crippen molar-refractivity contribution in [3.63, 3.8) is 0 Å². The van der Waals surface area contributed by atoms with Gasteiger partial charge in [-0.05, 0) is 29.8 Å². The highest BCUT2D eigenvalue weighted by Crippen LogP contribution is 2.32. The molecule has 1 aromatic heterocycles. The molecule has 0 aliphatic rings. The standard InChI is InChI=1S/C17H18N4O5S/c1-25-15-8-12-13(9-16(15)26-2)17(22)20-19-14(12)7-10-4-3-5-11(6-10)21-27(18,23)24/h3-6,8-9,21H,7H2,1-2H3,(H,20,22)(H2,18,23,24). The summed E-state index contributed by atoms with van der Waals surface area (Å²) in [6.07, 6.45) is 0.350. The first-order chi connectivity index (χ1) is 12.8. The molecule has 3 aromatic rings. The molecule has 0 saturated heterocycles. The third-order valence-electron chi connectivity index (χ3n) is 3.93. The van der Waals surface area contributed by atoms with Crippen LogP contribution in [0.1, 0.15) is 11.3 Å². The monoisotopic (exact) mass is 390 g/mol. The number of H-pyrrole nitrogens is 1. The Hall–Kier alpha value is -3.11. The molecule has 0 amide bonds. The van der Waals surface area contributed by atoms with Crippen LogP contribution in [0, 0.1) is 0 Å². The van der Waals surface area contributed by atoms with Crippen molar-refractivity contribution < 1.29 is 17.9 Å². The van der Waals surface area contributed by atoms with E-state index >= 15 is 0 Å². The summed E-state index contributed by atoms with van der Waals surface area (Å²) in [6.45, 7) is 0. The number of hydrogen-bond donors (Lipinski definition) is 3. The van der Waals surface area contributed by atoms with E-state index in [1.165, 1.54) is 14.2 Å². The molecule has 3 rings (SSSR count).